The summed E-state index contributed by atoms with van der Waals surface area (Å²) < 4.78 is 5.07. The van der Waals surface area contributed by atoms with Crippen LogP contribution in [0.15, 0.2) is 18.2 Å². The molecule has 1 N–H and O–H groups in total. The lowest BCUT2D eigenvalue weighted by atomic mass is 10.1. The number of benzene rings is 1. The molecular formula is C10H12N2O. The summed E-state index contributed by atoms with van der Waals surface area (Å²) in [6, 6.07) is 7.62. The van der Waals surface area contributed by atoms with Crippen LogP contribution in [0.25, 0.3) is 0 Å². The highest BCUT2D eigenvalue weighted by atomic mass is 16.5. The smallest absolute Gasteiger partial charge is 0.136 e. The SMILES string of the molecule is CNCc1ccc(C#N)c(OC)c1. The van der Waals surface area contributed by atoms with Gasteiger partial charge in [0.05, 0.1) is 12.7 Å². The first kappa shape index (κ1) is 9.56. The molecule has 0 fully saturated rings. The second-order valence-electron chi connectivity index (χ2n) is 2.68. The van der Waals surface area contributed by atoms with Crippen molar-refractivity contribution in [3.63, 3.8) is 0 Å². The van der Waals surface area contributed by atoms with Gasteiger partial charge in [0.15, 0.2) is 0 Å². The van der Waals surface area contributed by atoms with Gasteiger partial charge in [-0.3, -0.25) is 0 Å². The molecule has 3 heteroatoms. The number of ether oxygens (including phenoxy) is 1. The summed E-state index contributed by atoms with van der Waals surface area (Å²) in [4.78, 5) is 0. The Morgan fingerprint density at radius 2 is 2.31 bits per heavy atom. The zero-order valence-electron chi connectivity index (χ0n) is 7.79. The molecule has 1 aromatic carbocycles. The minimum Gasteiger partial charge on any atom is -0.495 e. The number of methoxy groups -OCH3 is 1. The van der Waals surface area contributed by atoms with E-state index in [4.69, 9.17) is 10.00 Å². The molecule has 0 amide bonds. The average molecular weight is 176 g/mol. The van der Waals surface area contributed by atoms with Crippen LogP contribution in [0.1, 0.15) is 11.1 Å². The summed E-state index contributed by atoms with van der Waals surface area (Å²) in [5, 5.41) is 11.8. The van der Waals surface area contributed by atoms with Crippen LogP contribution in [0.5, 0.6) is 5.75 Å². The molecule has 0 aliphatic rings. The van der Waals surface area contributed by atoms with Crippen molar-refractivity contribution in [2.24, 2.45) is 0 Å². The van der Waals surface area contributed by atoms with Crippen molar-refractivity contribution >= 4 is 0 Å². The lowest BCUT2D eigenvalue weighted by Crippen LogP contribution is -2.05. The topological polar surface area (TPSA) is 45.0 Å². The third-order valence-electron chi connectivity index (χ3n) is 1.77. The van der Waals surface area contributed by atoms with Gasteiger partial charge in [-0.05, 0) is 24.7 Å². The minimum absolute atomic E-state index is 0.572. The highest BCUT2D eigenvalue weighted by Crippen LogP contribution is 2.18. The Balaban J connectivity index is 3.00. The first-order valence-corrected chi connectivity index (χ1v) is 4.03. The van der Waals surface area contributed by atoms with E-state index < -0.39 is 0 Å². The van der Waals surface area contributed by atoms with Crippen LogP contribution in [0.3, 0.4) is 0 Å². The summed E-state index contributed by atoms with van der Waals surface area (Å²) in [5.41, 5.74) is 1.68. The summed E-state index contributed by atoms with van der Waals surface area (Å²) >= 11 is 0. The maximum absolute atomic E-state index is 8.72. The van der Waals surface area contributed by atoms with Crippen LogP contribution in [0.2, 0.25) is 0 Å². The number of nitrogens with zero attached hydrogens (tertiary/aromatic N) is 1. The Morgan fingerprint density at radius 1 is 1.54 bits per heavy atom. The van der Waals surface area contributed by atoms with Gasteiger partial charge in [-0.25, -0.2) is 0 Å². The van der Waals surface area contributed by atoms with Gasteiger partial charge in [0, 0.05) is 6.54 Å². The van der Waals surface area contributed by atoms with Gasteiger partial charge in [0.1, 0.15) is 11.8 Å². The Bertz CT molecular complexity index is 328. The molecule has 68 valence electrons. The third-order valence-corrected chi connectivity index (χ3v) is 1.77. The first-order chi connectivity index (χ1) is 6.31. The van der Waals surface area contributed by atoms with Gasteiger partial charge in [-0.15, -0.1) is 0 Å². The maximum atomic E-state index is 8.72. The van der Waals surface area contributed by atoms with Crippen molar-refractivity contribution < 1.29 is 4.74 Å². The highest BCUT2D eigenvalue weighted by Gasteiger charge is 2.02. The van der Waals surface area contributed by atoms with E-state index in [0.717, 1.165) is 12.1 Å². The lowest BCUT2D eigenvalue weighted by Gasteiger charge is -2.05. The molecular weight excluding hydrogens is 164 g/mol. The van der Waals surface area contributed by atoms with Crippen LogP contribution in [0.4, 0.5) is 0 Å². The molecule has 13 heavy (non-hydrogen) atoms. The molecule has 0 saturated heterocycles. The van der Waals surface area contributed by atoms with E-state index in [1.807, 2.05) is 19.2 Å². The first-order valence-electron chi connectivity index (χ1n) is 4.03. The molecule has 0 aliphatic carbocycles. The summed E-state index contributed by atoms with van der Waals surface area (Å²) in [7, 11) is 3.45. The highest BCUT2D eigenvalue weighted by molar-refractivity contribution is 5.45. The fraction of sp³-hybridized carbons (Fsp3) is 0.300. The zero-order valence-corrected chi connectivity index (χ0v) is 7.79. The molecule has 0 aliphatic heterocycles. The van der Waals surface area contributed by atoms with E-state index in [1.54, 1.807) is 13.2 Å². The Labute approximate surface area is 77.9 Å². The average Bonchev–Trinajstić information content (AvgIpc) is 2.18. The molecule has 0 spiro atoms. The molecule has 0 saturated carbocycles. The molecule has 0 heterocycles. The van der Waals surface area contributed by atoms with Gasteiger partial charge in [0.25, 0.3) is 0 Å². The molecule has 1 aromatic rings. The fourth-order valence-corrected chi connectivity index (χ4v) is 1.14. The predicted octanol–water partition coefficient (Wildman–Crippen LogP) is 1.29. The van der Waals surface area contributed by atoms with Crippen molar-refractivity contribution in [3.05, 3.63) is 29.3 Å². The summed E-state index contributed by atoms with van der Waals surface area (Å²) in [6.45, 7) is 0.780. The van der Waals surface area contributed by atoms with Gasteiger partial charge >= 0.3 is 0 Å². The number of nitriles is 1. The number of hydrogen-bond donors (Lipinski definition) is 1. The summed E-state index contributed by atoms with van der Waals surface area (Å²) in [5.74, 6) is 0.634. The zero-order chi connectivity index (χ0) is 9.68. The van der Waals surface area contributed by atoms with E-state index in [1.165, 1.54) is 0 Å². The largest absolute Gasteiger partial charge is 0.495 e. The summed E-state index contributed by atoms with van der Waals surface area (Å²) in [6.07, 6.45) is 0. The molecule has 1 rings (SSSR count). The fourth-order valence-electron chi connectivity index (χ4n) is 1.14. The minimum atomic E-state index is 0.572. The van der Waals surface area contributed by atoms with E-state index in [0.29, 0.717) is 11.3 Å². The predicted molar refractivity (Wildman–Crippen MR) is 50.5 cm³/mol. The normalized spacial score (nSPS) is 9.31. The molecule has 0 atom stereocenters. The monoisotopic (exact) mass is 176 g/mol. The standard InChI is InChI=1S/C10H12N2O/c1-12-7-8-3-4-9(6-11)10(5-8)13-2/h3-5,12H,7H2,1-2H3. The van der Waals surface area contributed by atoms with Crippen LogP contribution in [0, 0.1) is 11.3 Å². The number of rotatable bonds is 3. The van der Waals surface area contributed by atoms with Gasteiger partial charge in [-0.2, -0.15) is 5.26 Å². The quantitative estimate of drug-likeness (QED) is 0.754. The van der Waals surface area contributed by atoms with Crippen LogP contribution < -0.4 is 10.1 Å². The van der Waals surface area contributed by atoms with Crippen molar-refractivity contribution in [2.75, 3.05) is 14.2 Å². The Hall–Kier alpha value is -1.53. The number of nitrogens with one attached hydrogen (secondary N) is 1. The van der Waals surface area contributed by atoms with Gasteiger partial charge < -0.3 is 10.1 Å². The van der Waals surface area contributed by atoms with Gasteiger partial charge in [0.2, 0.25) is 0 Å². The van der Waals surface area contributed by atoms with Gasteiger partial charge in [-0.1, -0.05) is 6.07 Å². The Morgan fingerprint density at radius 3 is 2.85 bits per heavy atom. The van der Waals surface area contributed by atoms with Crippen molar-refractivity contribution in [1.82, 2.24) is 5.32 Å². The van der Waals surface area contributed by atoms with E-state index in [-0.39, 0.29) is 0 Å². The van der Waals surface area contributed by atoms with E-state index >= 15 is 0 Å². The van der Waals surface area contributed by atoms with Crippen LogP contribution in [-0.4, -0.2) is 14.2 Å². The Kier molecular flexibility index (Phi) is 3.30. The molecule has 0 radical (unpaired) electrons. The molecule has 0 unspecified atom stereocenters. The van der Waals surface area contributed by atoms with Crippen molar-refractivity contribution in [2.45, 2.75) is 6.54 Å². The van der Waals surface area contributed by atoms with Crippen LogP contribution >= 0.6 is 0 Å². The maximum Gasteiger partial charge on any atom is 0.136 e. The molecule has 0 bridgehead atoms. The van der Waals surface area contributed by atoms with E-state index in [2.05, 4.69) is 11.4 Å². The van der Waals surface area contributed by atoms with Crippen molar-refractivity contribution in [3.8, 4) is 11.8 Å². The lowest BCUT2D eigenvalue weighted by molar-refractivity contribution is 0.413. The second kappa shape index (κ2) is 4.48. The second-order valence-corrected chi connectivity index (χ2v) is 2.68. The van der Waals surface area contributed by atoms with E-state index in [9.17, 15) is 0 Å². The number of hydrogen-bond acceptors (Lipinski definition) is 3. The molecule has 0 aromatic heterocycles. The molecule has 3 nitrogen and oxygen atoms in total. The van der Waals surface area contributed by atoms with Crippen molar-refractivity contribution in [1.29, 1.82) is 5.26 Å². The van der Waals surface area contributed by atoms with Crippen LogP contribution in [-0.2, 0) is 6.54 Å². The third kappa shape index (κ3) is 2.20.